The van der Waals surface area contributed by atoms with Gasteiger partial charge in [-0.15, -0.1) is 12.4 Å². The Labute approximate surface area is 106 Å². The second-order valence-electron chi connectivity index (χ2n) is 4.12. The Morgan fingerprint density at radius 1 is 1.53 bits per heavy atom. The van der Waals surface area contributed by atoms with Crippen molar-refractivity contribution < 1.29 is 9.18 Å². The number of rotatable bonds is 2. The number of anilines is 1. The lowest BCUT2D eigenvalue weighted by Crippen LogP contribution is -2.35. The van der Waals surface area contributed by atoms with Crippen molar-refractivity contribution in [1.82, 2.24) is 5.32 Å². The van der Waals surface area contributed by atoms with Crippen molar-refractivity contribution in [2.75, 3.05) is 11.9 Å². The highest BCUT2D eigenvalue weighted by Crippen LogP contribution is 2.16. The van der Waals surface area contributed by atoms with Crippen molar-refractivity contribution >= 4 is 24.0 Å². The predicted molar refractivity (Wildman–Crippen MR) is 68.0 cm³/mol. The van der Waals surface area contributed by atoms with Gasteiger partial charge in [0, 0.05) is 0 Å². The number of aryl methyl sites for hydroxylation is 1. The van der Waals surface area contributed by atoms with Gasteiger partial charge in [0.25, 0.3) is 0 Å². The molecule has 5 heteroatoms. The number of carbonyl (C=O) groups excluding carboxylic acids is 1. The minimum atomic E-state index is -0.383. The van der Waals surface area contributed by atoms with Crippen molar-refractivity contribution in [2.24, 2.45) is 0 Å². The lowest BCUT2D eigenvalue weighted by Gasteiger charge is -2.11. The number of benzene rings is 1. The highest BCUT2D eigenvalue weighted by molar-refractivity contribution is 5.95. The van der Waals surface area contributed by atoms with Crippen LogP contribution >= 0.6 is 12.4 Å². The fraction of sp³-hybridized carbons (Fsp3) is 0.417. The summed E-state index contributed by atoms with van der Waals surface area (Å²) in [6.07, 6.45) is 1.81. The quantitative estimate of drug-likeness (QED) is 0.854. The van der Waals surface area contributed by atoms with Crippen molar-refractivity contribution in [3.05, 3.63) is 29.6 Å². The summed E-state index contributed by atoms with van der Waals surface area (Å²) in [5, 5.41) is 5.68. The first-order chi connectivity index (χ1) is 7.66. The van der Waals surface area contributed by atoms with Crippen LogP contribution in [0, 0.1) is 12.7 Å². The Balaban J connectivity index is 0.00000144. The smallest absolute Gasteiger partial charge is 0.241 e. The molecule has 1 aromatic rings. The van der Waals surface area contributed by atoms with Gasteiger partial charge < -0.3 is 10.6 Å². The summed E-state index contributed by atoms with van der Waals surface area (Å²) in [6, 6.07) is 4.61. The van der Waals surface area contributed by atoms with Gasteiger partial charge in [0.1, 0.15) is 5.82 Å². The summed E-state index contributed by atoms with van der Waals surface area (Å²) < 4.78 is 13.5. The van der Waals surface area contributed by atoms with Gasteiger partial charge in [-0.05, 0) is 44.0 Å². The first-order valence-electron chi connectivity index (χ1n) is 5.47. The largest absolute Gasteiger partial charge is 0.322 e. The van der Waals surface area contributed by atoms with Crippen molar-refractivity contribution in [3.8, 4) is 0 Å². The highest BCUT2D eigenvalue weighted by atomic mass is 35.5. The van der Waals surface area contributed by atoms with Gasteiger partial charge in [0.15, 0.2) is 0 Å². The van der Waals surface area contributed by atoms with Crippen LogP contribution in [-0.2, 0) is 4.79 Å². The third-order valence-corrected chi connectivity index (χ3v) is 2.76. The molecule has 0 radical (unpaired) electrons. The van der Waals surface area contributed by atoms with Gasteiger partial charge in [-0.3, -0.25) is 4.79 Å². The maximum absolute atomic E-state index is 13.5. The van der Waals surface area contributed by atoms with E-state index in [0.717, 1.165) is 24.9 Å². The van der Waals surface area contributed by atoms with Crippen LogP contribution in [-0.4, -0.2) is 18.5 Å². The van der Waals surface area contributed by atoms with E-state index in [2.05, 4.69) is 10.6 Å². The van der Waals surface area contributed by atoms with E-state index in [1.54, 1.807) is 12.1 Å². The number of hydrogen-bond acceptors (Lipinski definition) is 2. The van der Waals surface area contributed by atoms with E-state index in [1.165, 1.54) is 6.07 Å². The van der Waals surface area contributed by atoms with Crippen LogP contribution < -0.4 is 10.6 Å². The molecular weight excluding hydrogens is 243 g/mol. The van der Waals surface area contributed by atoms with Crippen LogP contribution in [0.2, 0.25) is 0 Å². The summed E-state index contributed by atoms with van der Waals surface area (Å²) in [5.41, 5.74) is 1.10. The Kier molecular flexibility index (Phi) is 4.90. The summed E-state index contributed by atoms with van der Waals surface area (Å²) in [5.74, 6) is -0.536. The predicted octanol–water partition coefficient (Wildman–Crippen LogP) is 2.25. The monoisotopic (exact) mass is 258 g/mol. The molecule has 2 N–H and O–H groups in total. The number of amides is 1. The lowest BCUT2D eigenvalue weighted by atomic mass is 10.2. The van der Waals surface area contributed by atoms with Gasteiger partial charge >= 0.3 is 0 Å². The van der Waals surface area contributed by atoms with Crippen LogP contribution in [0.4, 0.5) is 10.1 Å². The molecule has 0 aliphatic carbocycles. The number of nitrogens with one attached hydrogen (secondary N) is 2. The summed E-state index contributed by atoms with van der Waals surface area (Å²) in [7, 11) is 0. The molecule has 1 saturated heterocycles. The maximum Gasteiger partial charge on any atom is 0.241 e. The normalized spacial score (nSPS) is 18.6. The molecule has 0 spiro atoms. The summed E-state index contributed by atoms with van der Waals surface area (Å²) in [6.45, 7) is 2.67. The van der Waals surface area contributed by atoms with E-state index in [1.807, 2.05) is 6.92 Å². The zero-order valence-corrected chi connectivity index (χ0v) is 10.4. The Morgan fingerprint density at radius 3 is 2.88 bits per heavy atom. The fourth-order valence-electron chi connectivity index (χ4n) is 1.85. The van der Waals surface area contributed by atoms with E-state index >= 15 is 0 Å². The molecule has 1 atom stereocenters. The molecule has 0 saturated carbocycles. The van der Waals surface area contributed by atoms with Crippen molar-refractivity contribution in [3.63, 3.8) is 0 Å². The maximum atomic E-state index is 13.5. The van der Waals surface area contributed by atoms with E-state index in [-0.39, 0.29) is 35.9 Å². The topological polar surface area (TPSA) is 41.1 Å². The van der Waals surface area contributed by atoms with Gasteiger partial charge in [-0.2, -0.15) is 0 Å². The van der Waals surface area contributed by atoms with Gasteiger partial charge in [-0.1, -0.05) is 6.07 Å². The molecule has 94 valence electrons. The molecule has 1 aromatic carbocycles. The lowest BCUT2D eigenvalue weighted by molar-refractivity contribution is -0.117. The van der Waals surface area contributed by atoms with Crippen LogP contribution in [0.5, 0.6) is 0 Å². The molecule has 17 heavy (non-hydrogen) atoms. The SMILES string of the molecule is Cc1ccc(NC(=O)[C@@H]2CCCN2)c(F)c1.Cl. The zero-order valence-electron chi connectivity index (χ0n) is 9.63. The molecule has 2 rings (SSSR count). The van der Waals surface area contributed by atoms with Crippen LogP contribution in [0.1, 0.15) is 18.4 Å². The van der Waals surface area contributed by atoms with E-state index < -0.39 is 0 Å². The number of hydrogen-bond donors (Lipinski definition) is 2. The van der Waals surface area contributed by atoms with Gasteiger partial charge in [-0.25, -0.2) is 4.39 Å². The minimum Gasteiger partial charge on any atom is -0.322 e. The van der Waals surface area contributed by atoms with E-state index in [4.69, 9.17) is 0 Å². The average Bonchev–Trinajstić information content (AvgIpc) is 2.75. The first kappa shape index (κ1) is 13.9. The van der Waals surface area contributed by atoms with Crippen molar-refractivity contribution in [2.45, 2.75) is 25.8 Å². The average molecular weight is 259 g/mol. The summed E-state index contributed by atoms with van der Waals surface area (Å²) >= 11 is 0. The third-order valence-electron chi connectivity index (χ3n) is 2.76. The standard InChI is InChI=1S/C12H15FN2O.ClH/c1-8-4-5-10(9(13)7-8)15-12(16)11-3-2-6-14-11;/h4-5,7,11,14H,2-3,6H2,1H3,(H,15,16);1H/t11-;/m0./s1. The second kappa shape index (κ2) is 5.98. The molecule has 0 unspecified atom stereocenters. The zero-order chi connectivity index (χ0) is 11.5. The van der Waals surface area contributed by atoms with Crippen LogP contribution in [0.25, 0.3) is 0 Å². The fourth-order valence-corrected chi connectivity index (χ4v) is 1.85. The second-order valence-corrected chi connectivity index (χ2v) is 4.12. The van der Waals surface area contributed by atoms with E-state index in [9.17, 15) is 9.18 Å². The molecule has 1 aliphatic heterocycles. The van der Waals surface area contributed by atoms with E-state index in [0.29, 0.717) is 0 Å². The van der Waals surface area contributed by atoms with Crippen LogP contribution in [0.15, 0.2) is 18.2 Å². The Morgan fingerprint density at radius 2 is 2.29 bits per heavy atom. The highest BCUT2D eigenvalue weighted by Gasteiger charge is 2.22. The van der Waals surface area contributed by atoms with Crippen LogP contribution in [0.3, 0.4) is 0 Å². The molecule has 0 bridgehead atoms. The number of carbonyl (C=O) groups is 1. The molecular formula is C12H16ClFN2O. The molecule has 1 heterocycles. The van der Waals surface area contributed by atoms with Gasteiger partial charge in [0.2, 0.25) is 5.91 Å². The minimum absolute atomic E-state index is 0. The first-order valence-corrected chi connectivity index (χ1v) is 5.47. The van der Waals surface area contributed by atoms with Gasteiger partial charge in [0.05, 0.1) is 11.7 Å². The summed E-state index contributed by atoms with van der Waals surface area (Å²) in [4.78, 5) is 11.7. The molecule has 1 aliphatic rings. The Bertz CT molecular complexity index is 405. The molecule has 1 amide bonds. The molecule has 1 fully saturated rings. The number of halogens is 2. The molecule has 0 aromatic heterocycles. The van der Waals surface area contributed by atoms with Crippen molar-refractivity contribution in [1.29, 1.82) is 0 Å². The Hall–Kier alpha value is -1.13. The molecule has 3 nitrogen and oxygen atoms in total. The third kappa shape index (κ3) is 3.41.